The maximum absolute atomic E-state index is 12.9. The van der Waals surface area contributed by atoms with Crippen molar-refractivity contribution < 1.29 is 23.9 Å². The van der Waals surface area contributed by atoms with Crippen molar-refractivity contribution in [2.24, 2.45) is 0 Å². The van der Waals surface area contributed by atoms with Gasteiger partial charge in [0, 0.05) is 17.9 Å². The van der Waals surface area contributed by atoms with E-state index in [1.54, 1.807) is 36.0 Å². The van der Waals surface area contributed by atoms with E-state index >= 15 is 0 Å². The van der Waals surface area contributed by atoms with Crippen LogP contribution in [-0.2, 0) is 0 Å². The molecule has 0 spiro atoms. The van der Waals surface area contributed by atoms with Gasteiger partial charge in [-0.3, -0.25) is 14.9 Å². The Morgan fingerprint density at radius 3 is 2.86 bits per heavy atom. The molecule has 0 saturated carbocycles. The predicted octanol–water partition coefficient (Wildman–Crippen LogP) is 4.77. The summed E-state index contributed by atoms with van der Waals surface area (Å²) in [6.45, 7) is 3.09. The van der Waals surface area contributed by atoms with Crippen LogP contribution in [0.2, 0.25) is 0 Å². The van der Waals surface area contributed by atoms with Crippen molar-refractivity contribution in [2.75, 3.05) is 26.1 Å². The highest BCUT2D eigenvalue weighted by atomic mass is 32.2. The van der Waals surface area contributed by atoms with Crippen LogP contribution in [0.15, 0.2) is 41.3 Å². The highest BCUT2D eigenvalue weighted by Gasteiger charge is 2.19. The molecule has 2 aromatic carbocycles. The van der Waals surface area contributed by atoms with E-state index in [4.69, 9.17) is 14.2 Å². The molecule has 7 nitrogen and oxygen atoms in total. The summed E-state index contributed by atoms with van der Waals surface area (Å²) in [7, 11) is 1.37. The van der Waals surface area contributed by atoms with Crippen molar-refractivity contribution in [3.63, 3.8) is 0 Å². The SMILES string of the molecule is CCCOc1cc2c(cc1C(=O)C=Cc1ccc(OC)c([N+](=O)[O-])c1)SCCO2. The first-order chi connectivity index (χ1) is 14.0. The van der Waals surface area contributed by atoms with Crippen LogP contribution < -0.4 is 14.2 Å². The maximum Gasteiger partial charge on any atom is 0.311 e. The molecular formula is C21H21NO6S. The van der Waals surface area contributed by atoms with Gasteiger partial charge >= 0.3 is 5.69 Å². The average molecular weight is 415 g/mol. The number of benzene rings is 2. The topological polar surface area (TPSA) is 87.9 Å². The monoisotopic (exact) mass is 415 g/mol. The Labute approximate surface area is 172 Å². The molecule has 0 fully saturated rings. The number of fused-ring (bicyclic) bond motifs is 1. The lowest BCUT2D eigenvalue weighted by Gasteiger charge is -2.19. The second-order valence-electron chi connectivity index (χ2n) is 6.23. The smallest absolute Gasteiger partial charge is 0.311 e. The third-order valence-electron chi connectivity index (χ3n) is 4.20. The summed E-state index contributed by atoms with van der Waals surface area (Å²) >= 11 is 1.63. The molecule has 0 unspecified atom stereocenters. The Morgan fingerprint density at radius 2 is 2.14 bits per heavy atom. The standard InChI is InChI=1S/C21H21NO6S/c1-3-8-27-19-13-20-21(29-10-9-28-20)12-15(19)17(23)6-4-14-5-7-18(26-2)16(11-14)22(24)25/h4-7,11-13H,3,8-10H2,1-2H3. The van der Waals surface area contributed by atoms with Gasteiger partial charge in [0.2, 0.25) is 0 Å². The van der Waals surface area contributed by atoms with Crippen molar-refractivity contribution in [3.05, 3.63) is 57.6 Å². The molecule has 1 aliphatic rings. The Kier molecular flexibility index (Phi) is 6.77. The molecule has 0 N–H and O–H groups in total. The highest BCUT2D eigenvalue weighted by Crippen LogP contribution is 2.39. The van der Waals surface area contributed by atoms with Crippen LogP contribution >= 0.6 is 11.8 Å². The van der Waals surface area contributed by atoms with E-state index < -0.39 is 4.92 Å². The maximum atomic E-state index is 12.9. The minimum atomic E-state index is -0.518. The number of rotatable bonds is 8. The fourth-order valence-electron chi connectivity index (χ4n) is 2.81. The minimum Gasteiger partial charge on any atom is -0.493 e. The zero-order valence-corrected chi connectivity index (χ0v) is 17.0. The van der Waals surface area contributed by atoms with Crippen molar-refractivity contribution in [1.82, 2.24) is 0 Å². The number of thioether (sulfide) groups is 1. The minimum absolute atomic E-state index is 0.156. The number of allylic oxidation sites excluding steroid dienone is 1. The van der Waals surface area contributed by atoms with Crippen LogP contribution in [0.25, 0.3) is 6.08 Å². The first-order valence-electron chi connectivity index (χ1n) is 9.14. The fraction of sp³-hybridized carbons (Fsp3) is 0.286. The number of carbonyl (C=O) groups is 1. The van der Waals surface area contributed by atoms with Gasteiger partial charge in [-0.25, -0.2) is 0 Å². The molecule has 152 valence electrons. The number of nitro benzene ring substituents is 1. The van der Waals surface area contributed by atoms with Crippen LogP contribution in [0, 0.1) is 10.1 Å². The second-order valence-corrected chi connectivity index (χ2v) is 7.36. The normalized spacial score (nSPS) is 12.9. The van der Waals surface area contributed by atoms with Gasteiger partial charge in [0.25, 0.3) is 0 Å². The number of ketones is 1. The van der Waals surface area contributed by atoms with Gasteiger partial charge in [0.05, 0.1) is 35.7 Å². The summed E-state index contributed by atoms with van der Waals surface area (Å²) in [4.78, 5) is 24.4. The summed E-state index contributed by atoms with van der Waals surface area (Å²) in [6.07, 6.45) is 3.74. The van der Waals surface area contributed by atoms with E-state index in [1.807, 2.05) is 6.92 Å². The Hall–Kier alpha value is -3.00. The molecule has 0 saturated heterocycles. The van der Waals surface area contributed by atoms with Crippen LogP contribution in [0.5, 0.6) is 17.2 Å². The van der Waals surface area contributed by atoms with E-state index in [9.17, 15) is 14.9 Å². The molecule has 3 rings (SSSR count). The second kappa shape index (κ2) is 9.47. The molecule has 8 heteroatoms. The van der Waals surface area contributed by atoms with E-state index in [1.165, 1.54) is 25.3 Å². The zero-order valence-electron chi connectivity index (χ0n) is 16.2. The van der Waals surface area contributed by atoms with Crippen molar-refractivity contribution in [3.8, 4) is 17.2 Å². The molecule has 0 radical (unpaired) electrons. The molecular weight excluding hydrogens is 394 g/mol. The van der Waals surface area contributed by atoms with Crippen LogP contribution in [0.1, 0.15) is 29.3 Å². The van der Waals surface area contributed by atoms with E-state index in [0.29, 0.717) is 30.1 Å². The fourth-order valence-corrected chi connectivity index (χ4v) is 3.66. The summed E-state index contributed by atoms with van der Waals surface area (Å²) in [6, 6.07) is 8.07. The number of hydrogen-bond donors (Lipinski definition) is 0. The Morgan fingerprint density at radius 1 is 1.31 bits per heavy atom. The molecule has 2 aromatic rings. The van der Waals surface area contributed by atoms with Gasteiger partial charge in [-0.15, -0.1) is 11.8 Å². The third kappa shape index (κ3) is 4.89. The van der Waals surface area contributed by atoms with Crippen molar-refractivity contribution in [1.29, 1.82) is 0 Å². The predicted molar refractivity (Wildman–Crippen MR) is 111 cm³/mol. The first-order valence-corrected chi connectivity index (χ1v) is 10.1. The molecule has 29 heavy (non-hydrogen) atoms. The summed E-state index contributed by atoms with van der Waals surface area (Å²) in [5.74, 6) is 1.94. The van der Waals surface area contributed by atoms with Gasteiger partial charge in [-0.05, 0) is 30.2 Å². The molecule has 0 amide bonds. The largest absolute Gasteiger partial charge is 0.493 e. The Balaban J connectivity index is 1.90. The van der Waals surface area contributed by atoms with E-state index in [2.05, 4.69) is 0 Å². The quantitative estimate of drug-likeness (QED) is 0.265. The van der Waals surface area contributed by atoms with Gasteiger partial charge in [-0.2, -0.15) is 0 Å². The van der Waals surface area contributed by atoms with Gasteiger partial charge in [-0.1, -0.05) is 19.1 Å². The molecule has 1 heterocycles. The molecule has 1 aliphatic heterocycles. The third-order valence-corrected chi connectivity index (χ3v) is 5.20. The lowest BCUT2D eigenvalue weighted by Crippen LogP contribution is -2.10. The number of nitrogens with zero attached hydrogens (tertiary/aromatic N) is 1. The summed E-state index contributed by atoms with van der Waals surface area (Å²) in [5.41, 5.74) is 0.809. The van der Waals surface area contributed by atoms with Crippen molar-refractivity contribution >= 4 is 29.3 Å². The van der Waals surface area contributed by atoms with Gasteiger partial charge in [0.1, 0.15) is 11.5 Å². The van der Waals surface area contributed by atoms with Gasteiger partial charge < -0.3 is 14.2 Å². The zero-order chi connectivity index (χ0) is 20.8. The first kappa shape index (κ1) is 20.7. The lowest BCUT2D eigenvalue weighted by atomic mass is 10.1. The Bertz CT molecular complexity index is 956. The van der Waals surface area contributed by atoms with Crippen LogP contribution in [-0.4, -0.2) is 36.8 Å². The van der Waals surface area contributed by atoms with Crippen molar-refractivity contribution in [2.45, 2.75) is 18.2 Å². The van der Waals surface area contributed by atoms with Crippen LogP contribution in [0.3, 0.4) is 0 Å². The number of carbonyl (C=O) groups excluding carboxylic acids is 1. The lowest BCUT2D eigenvalue weighted by molar-refractivity contribution is -0.385. The number of nitro groups is 1. The van der Waals surface area contributed by atoms with E-state index in [-0.39, 0.29) is 17.2 Å². The summed E-state index contributed by atoms with van der Waals surface area (Å²) < 4.78 is 16.4. The highest BCUT2D eigenvalue weighted by molar-refractivity contribution is 7.99. The van der Waals surface area contributed by atoms with Gasteiger partial charge in [0.15, 0.2) is 11.5 Å². The van der Waals surface area contributed by atoms with E-state index in [0.717, 1.165) is 22.8 Å². The molecule has 0 atom stereocenters. The molecule has 0 bridgehead atoms. The number of ether oxygens (including phenoxy) is 3. The van der Waals surface area contributed by atoms with Crippen LogP contribution in [0.4, 0.5) is 5.69 Å². The number of hydrogen-bond acceptors (Lipinski definition) is 7. The average Bonchev–Trinajstić information content (AvgIpc) is 2.75. The molecule has 0 aromatic heterocycles. The summed E-state index contributed by atoms with van der Waals surface area (Å²) in [5, 5.41) is 11.2. The number of methoxy groups -OCH3 is 1. The molecule has 0 aliphatic carbocycles.